The van der Waals surface area contributed by atoms with Crippen molar-refractivity contribution in [2.24, 2.45) is 0 Å². The second-order valence-electron chi connectivity index (χ2n) is 4.54. The van der Waals surface area contributed by atoms with Gasteiger partial charge >= 0.3 is 5.97 Å². The molecular weight excluding hydrogens is 278 g/mol. The average Bonchev–Trinajstić information content (AvgIpc) is 2.93. The Morgan fingerprint density at radius 3 is 3.10 bits per heavy atom. The molecular formula is C14H17NO4S. The maximum atomic E-state index is 12.5. The van der Waals surface area contributed by atoms with E-state index in [0.29, 0.717) is 25.3 Å². The predicted molar refractivity (Wildman–Crippen MR) is 76.9 cm³/mol. The fourth-order valence-corrected chi connectivity index (χ4v) is 2.91. The van der Waals surface area contributed by atoms with Crippen LogP contribution in [0.2, 0.25) is 0 Å². The van der Waals surface area contributed by atoms with Crippen LogP contribution >= 0.6 is 11.3 Å². The first-order valence-corrected chi connectivity index (χ1v) is 7.38. The topological polar surface area (TPSA) is 66.8 Å². The molecule has 1 aromatic heterocycles. The number of amides is 1. The number of hydrogen-bond acceptors (Lipinski definition) is 4. The summed E-state index contributed by atoms with van der Waals surface area (Å²) in [6, 6.07) is 1.85. The molecule has 0 aliphatic carbocycles. The molecule has 0 bridgehead atoms. The third-order valence-electron chi connectivity index (χ3n) is 3.22. The number of carboxylic acid groups (broad SMARTS) is 1. The lowest BCUT2D eigenvalue weighted by atomic mass is 10.1. The third-order valence-corrected chi connectivity index (χ3v) is 4.11. The van der Waals surface area contributed by atoms with Gasteiger partial charge in [0.15, 0.2) is 0 Å². The van der Waals surface area contributed by atoms with Crippen LogP contribution < -0.4 is 0 Å². The molecule has 5 nitrogen and oxygen atoms in total. The van der Waals surface area contributed by atoms with Crippen LogP contribution in [0.5, 0.6) is 0 Å². The molecule has 1 aliphatic heterocycles. The van der Waals surface area contributed by atoms with E-state index in [2.05, 4.69) is 0 Å². The van der Waals surface area contributed by atoms with E-state index < -0.39 is 5.97 Å². The summed E-state index contributed by atoms with van der Waals surface area (Å²) < 4.78 is 5.39. The molecule has 1 fully saturated rings. The number of hydrogen-bond donors (Lipinski definition) is 1. The van der Waals surface area contributed by atoms with Gasteiger partial charge in [-0.1, -0.05) is 6.92 Å². The van der Waals surface area contributed by atoms with Crippen LogP contribution in [-0.4, -0.2) is 47.7 Å². The quantitative estimate of drug-likeness (QED) is 0.864. The first kappa shape index (κ1) is 14.7. The van der Waals surface area contributed by atoms with E-state index in [9.17, 15) is 9.59 Å². The van der Waals surface area contributed by atoms with Crippen LogP contribution in [-0.2, 0) is 9.53 Å². The van der Waals surface area contributed by atoms with Crippen LogP contribution in [0.3, 0.4) is 0 Å². The van der Waals surface area contributed by atoms with E-state index in [0.717, 1.165) is 17.4 Å². The second-order valence-corrected chi connectivity index (χ2v) is 5.49. The zero-order chi connectivity index (χ0) is 14.5. The van der Waals surface area contributed by atoms with Crippen molar-refractivity contribution < 1.29 is 19.4 Å². The van der Waals surface area contributed by atoms with Crippen LogP contribution in [0.25, 0.3) is 6.08 Å². The fraction of sp³-hybridized carbons (Fsp3) is 0.429. The normalized spacial score (nSPS) is 19.4. The van der Waals surface area contributed by atoms with Gasteiger partial charge in [-0.25, -0.2) is 4.79 Å². The van der Waals surface area contributed by atoms with E-state index >= 15 is 0 Å². The fourth-order valence-electron chi connectivity index (χ4n) is 2.13. The SMILES string of the molecule is CCC1COCCN1C(=O)c1csc(C=CC(=O)O)c1. The number of ether oxygens (including phenoxy) is 1. The molecule has 0 spiro atoms. The summed E-state index contributed by atoms with van der Waals surface area (Å²) in [5, 5.41) is 10.4. The molecule has 1 aromatic rings. The Bertz CT molecular complexity index is 523. The van der Waals surface area contributed by atoms with Crippen molar-refractivity contribution in [3.8, 4) is 0 Å². The monoisotopic (exact) mass is 295 g/mol. The minimum absolute atomic E-state index is 0.00799. The molecule has 1 amide bonds. The summed E-state index contributed by atoms with van der Waals surface area (Å²) in [5.41, 5.74) is 0.611. The molecule has 1 N–H and O–H groups in total. The summed E-state index contributed by atoms with van der Waals surface area (Å²) in [5.74, 6) is -1.00. The van der Waals surface area contributed by atoms with Gasteiger partial charge < -0.3 is 14.7 Å². The smallest absolute Gasteiger partial charge is 0.328 e. The van der Waals surface area contributed by atoms with Crippen LogP contribution in [0.15, 0.2) is 17.5 Å². The summed E-state index contributed by atoms with van der Waals surface area (Å²) in [6.45, 7) is 3.79. The van der Waals surface area contributed by atoms with Crippen molar-refractivity contribution >= 4 is 29.3 Å². The zero-order valence-corrected chi connectivity index (χ0v) is 12.1. The standard InChI is InChI=1S/C14H17NO4S/c1-2-11-8-19-6-5-15(11)14(18)10-7-12(20-9-10)3-4-13(16)17/h3-4,7,9,11H,2,5-6,8H2,1H3,(H,16,17). The molecule has 6 heteroatoms. The highest BCUT2D eigenvalue weighted by atomic mass is 32.1. The van der Waals surface area contributed by atoms with Crippen molar-refractivity contribution in [3.05, 3.63) is 28.0 Å². The molecule has 1 unspecified atom stereocenters. The van der Waals surface area contributed by atoms with E-state index in [1.807, 2.05) is 11.8 Å². The summed E-state index contributed by atoms with van der Waals surface area (Å²) >= 11 is 1.36. The molecule has 1 saturated heterocycles. The average molecular weight is 295 g/mol. The van der Waals surface area contributed by atoms with Gasteiger partial charge in [-0.15, -0.1) is 11.3 Å². The van der Waals surface area contributed by atoms with Crippen LogP contribution in [0.1, 0.15) is 28.6 Å². The molecule has 108 valence electrons. The van der Waals surface area contributed by atoms with Crippen molar-refractivity contribution in [1.82, 2.24) is 4.90 Å². The Balaban J connectivity index is 2.10. The molecule has 0 radical (unpaired) electrons. The maximum absolute atomic E-state index is 12.5. The maximum Gasteiger partial charge on any atom is 0.328 e. The molecule has 0 saturated carbocycles. The van der Waals surface area contributed by atoms with Crippen molar-refractivity contribution in [1.29, 1.82) is 0 Å². The highest BCUT2D eigenvalue weighted by molar-refractivity contribution is 7.11. The lowest BCUT2D eigenvalue weighted by Gasteiger charge is -2.34. The van der Waals surface area contributed by atoms with Gasteiger partial charge in [0.1, 0.15) is 0 Å². The van der Waals surface area contributed by atoms with Gasteiger partial charge in [0.05, 0.1) is 24.8 Å². The summed E-state index contributed by atoms with van der Waals surface area (Å²) in [4.78, 5) is 25.5. The van der Waals surface area contributed by atoms with E-state index in [4.69, 9.17) is 9.84 Å². The number of nitrogens with zero attached hydrogens (tertiary/aromatic N) is 1. The lowest BCUT2D eigenvalue weighted by molar-refractivity contribution is -0.131. The van der Waals surface area contributed by atoms with Gasteiger partial charge in [-0.3, -0.25) is 4.79 Å². The van der Waals surface area contributed by atoms with Crippen molar-refractivity contribution in [2.45, 2.75) is 19.4 Å². The first-order chi connectivity index (χ1) is 9.61. The number of thiophene rings is 1. The lowest BCUT2D eigenvalue weighted by Crippen LogP contribution is -2.48. The molecule has 1 aliphatic rings. The van der Waals surface area contributed by atoms with Crippen molar-refractivity contribution in [2.75, 3.05) is 19.8 Å². The van der Waals surface area contributed by atoms with Gasteiger partial charge in [-0.05, 0) is 18.6 Å². The van der Waals surface area contributed by atoms with Crippen LogP contribution in [0.4, 0.5) is 0 Å². The Kier molecular flexibility index (Phi) is 4.92. The largest absolute Gasteiger partial charge is 0.478 e. The minimum atomic E-state index is -0.995. The van der Waals surface area contributed by atoms with E-state index in [1.54, 1.807) is 11.4 Å². The third kappa shape index (κ3) is 3.46. The minimum Gasteiger partial charge on any atom is -0.478 e. The van der Waals surface area contributed by atoms with E-state index in [-0.39, 0.29) is 11.9 Å². The molecule has 20 heavy (non-hydrogen) atoms. The molecule has 2 rings (SSSR count). The Hall–Kier alpha value is -1.66. The number of carboxylic acids is 1. The summed E-state index contributed by atoms with van der Waals surface area (Å²) in [7, 11) is 0. The number of carbonyl (C=O) groups is 2. The molecule has 0 aromatic carbocycles. The van der Waals surface area contributed by atoms with E-state index in [1.165, 1.54) is 17.4 Å². The van der Waals surface area contributed by atoms with Crippen molar-refractivity contribution in [3.63, 3.8) is 0 Å². The van der Waals surface area contributed by atoms with Gasteiger partial charge in [0.25, 0.3) is 5.91 Å². The first-order valence-electron chi connectivity index (χ1n) is 6.50. The summed E-state index contributed by atoms with van der Waals surface area (Å²) in [6.07, 6.45) is 3.44. The number of rotatable bonds is 4. The second kappa shape index (κ2) is 6.67. The van der Waals surface area contributed by atoms with Gasteiger partial charge in [0, 0.05) is 22.9 Å². The molecule has 1 atom stereocenters. The highest BCUT2D eigenvalue weighted by Crippen LogP contribution is 2.20. The highest BCUT2D eigenvalue weighted by Gasteiger charge is 2.27. The Labute approximate surface area is 121 Å². The predicted octanol–water partition coefficient (Wildman–Crippen LogP) is 2.10. The molecule has 2 heterocycles. The van der Waals surface area contributed by atoms with Gasteiger partial charge in [0.2, 0.25) is 0 Å². The number of carbonyl (C=O) groups excluding carboxylic acids is 1. The van der Waals surface area contributed by atoms with Gasteiger partial charge in [-0.2, -0.15) is 0 Å². The number of morpholine rings is 1. The van der Waals surface area contributed by atoms with Crippen LogP contribution in [0, 0.1) is 0 Å². The Morgan fingerprint density at radius 2 is 2.40 bits per heavy atom. The Morgan fingerprint density at radius 1 is 1.60 bits per heavy atom. The number of aliphatic carboxylic acids is 1. The zero-order valence-electron chi connectivity index (χ0n) is 11.2.